The minimum atomic E-state index is 0.00881. The van der Waals surface area contributed by atoms with E-state index in [9.17, 15) is 4.79 Å². The lowest BCUT2D eigenvalue weighted by molar-refractivity contribution is -0.707. The number of hydrogen-bond acceptors (Lipinski definition) is 1. The third-order valence-electron chi connectivity index (χ3n) is 4.61. The van der Waals surface area contributed by atoms with E-state index < -0.39 is 0 Å². The molecule has 0 saturated heterocycles. The topological polar surface area (TPSA) is 41.9 Å². The van der Waals surface area contributed by atoms with Gasteiger partial charge in [0.1, 0.15) is 0 Å². The smallest absolute Gasteiger partial charge is 0.278 e. The highest BCUT2D eigenvalue weighted by Gasteiger charge is 2.33. The Bertz CT molecular complexity index is 726. The van der Waals surface area contributed by atoms with Crippen LogP contribution in [-0.4, -0.2) is 34.0 Å². The Morgan fingerprint density at radius 1 is 1.21 bits per heavy atom. The van der Waals surface area contributed by atoms with Crippen molar-refractivity contribution in [2.24, 2.45) is 0 Å². The molecular formula is C20H28N3O+. The van der Waals surface area contributed by atoms with E-state index in [0.29, 0.717) is 6.54 Å². The van der Waals surface area contributed by atoms with E-state index in [0.717, 1.165) is 13.1 Å². The van der Waals surface area contributed by atoms with Crippen molar-refractivity contribution in [3.63, 3.8) is 0 Å². The minimum absolute atomic E-state index is 0.00881. The van der Waals surface area contributed by atoms with Crippen LogP contribution >= 0.6 is 0 Å². The number of fused-ring (bicyclic) bond motifs is 1. The van der Waals surface area contributed by atoms with Gasteiger partial charge in [0.05, 0.1) is 11.6 Å². The first-order valence-corrected chi connectivity index (χ1v) is 8.70. The van der Waals surface area contributed by atoms with Gasteiger partial charge in [-0.1, -0.05) is 29.8 Å². The van der Waals surface area contributed by atoms with Crippen LogP contribution in [0.2, 0.25) is 0 Å². The van der Waals surface area contributed by atoms with E-state index in [1.54, 1.807) is 0 Å². The molecule has 0 bridgehead atoms. The van der Waals surface area contributed by atoms with Gasteiger partial charge >= 0.3 is 0 Å². The van der Waals surface area contributed by atoms with Crippen molar-refractivity contribution in [2.45, 2.75) is 45.8 Å². The molecule has 3 rings (SSSR count). The zero-order chi connectivity index (χ0) is 17.3. The Kier molecular flexibility index (Phi) is 4.50. The minimum Gasteiger partial charge on any atom is -0.348 e. The maximum Gasteiger partial charge on any atom is 0.278 e. The van der Waals surface area contributed by atoms with Gasteiger partial charge in [0.15, 0.2) is 6.54 Å². The molecule has 0 fully saturated rings. The fourth-order valence-electron chi connectivity index (χ4n) is 3.35. The number of amides is 1. The molecule has 1 aromatic heterocycles. The first-order chi connectivity index (χ1) is 11.3. The molecule has 2 heterocycles. The number of aromatic nitrogens is 1. The SMILES string of the molecule is Cc1cccc([C@@H]2c3cccn3CCN2C(=O)C[NH2+]C(C)(C)C)c1. The van der Waals surface area contributed by atoms with Crippen LogP contribution in [0.1, 0.15) is 43.6 Å². The van der Waals surface area contributed by atoms with E-state index in [1.807, 2.05) is 4.90 Å². The molecule has 0 saturated carbocycles. The van der Waals surface area contributed by atoms with Crippen LogP contribution in [0.3, 0.4) is 0 Å². The lowest BCUT2D eigenvalue weighted by Gasteiger charge is -2.37. The van der Waals surface area contributed by atoms with Gasteiger partial charge in [0.2, 0.25) is 0 Å². The number of nitrogens with two attached hydrogens (primary N) is 1. The Morgan fingerprint density at radius 2 is 2.00 bits per heavy atom. The largest absolute Gasteiger partial charge is 0.348 e. The van der Waals surface area contributed by atoms with Crippen molar-refractivity contribution in [1.29, 1.82) is 0 Å². The standard InChI is InChI=1S/C20H27N3O/c1-15-7-5-8-16(13-15)19-17-9-6-10-22(17)11-12-23(19)18(24)14-21-20(2,3)4/h5-10,13,19,21H,11-12,14H2,1-4H3/p+1/t19-/m1/s1. The highest BCUT2D eigenvalue weighted by atomic mass is 16.2. The fourth-order valence-corrected chi connectivity index (χ4v) is 3.35. The van der Waals surface area contributed by atoms with Crippen LogP contribution in [0, 0.1) is 6.92 Å². The molecular weight excluding hydrogens is 298 g/mol. The summed E-state index contributed by atoms with van der Waals surface area (Å²) in [7, 11) is 0. The first-order valence-electron chi connectivity index (χ1n) is 8.70. The third kappa shape index (κ3) is 3.54. The maximum atomic E-state index is 12.9. The molecule has 0 radical (unpaired) electrons. The summed E-state index contributed by atoms with van der Waals surface area (Å²) >= 11 is 0. The molecule has 1 aliphatic heterocycles. The molecule has 0 aliphatic carbocycles. The van der Waals surface area contributed by atoms with Gasteiger partial charge in [0, 0.05) is 25.0 Å². The van der Waals surface area contributed by atoms with Crippen molar-refractivity contribution < 1.29 is 10.1 Å². The molecule has 0 unspecified atom stereocenters. The number of carbonyl (C=O) groups excluding carboxylic acids is 1. The van der Waals surface area contributed by atoms with Gasteiger partial charge in [0.25, 0.3) is 5.91 Å². The Hall–Kier alpha value is -2.07. The molecule has 128 valence electrons. The molecule has 2 N–H and O–H groups in total. The number of nitrogens with zero attached hydrogens (tertiary/aromatic N) is 2. The Labute approximate surface area is 144 Å². The van der Waals surface area contributed by atoms with Crippen LogP contribution in [0.15, 0.2) is 42.6 Å². The molecule has 2 aromatic rings. The summed E-state index contributed by atoms with van der Waals surface area (Å²) in [5, 5.41) is 2.12. The second kappa shape index (κ2) is 6.44. The number of benzene rings is 1. The Balaban J connectivity index is 1.92. The Morgan fingerprint density at radius 3 is 2.71 bits per heavy atom. The monoisotopic (exact) mass is 326 g/mol. The molecule has 1 atom stereocenters. The highest BCUT2D eigenvalue weighted by Crippen LogP contribution is 2.32. The summed E-state index contributed by atoms with van der Waals surface area (Å²) < 4.78 is 2.27. The lowest BCUT2D eigenvalue weighted by atomic mass is 9.98. The third-order valence-corrected chi connectivity index (χ3v) is 4.61. The van der Waals surface area contributed by atoms with Crippen LogP contribution in [0.4, 0.5) is 0 Å². The van der Waals surface area contributed by atoms with E-state index >= 15 is 0 Å². The van der Waals surface area contributed by atoms with Crippen molar-refractivity contribution >= 4 is 5.91 Å². The van der Waals surface area contributed by atoms with Gasteiger partial charge in [-0.15, -0.1) is 0 Å². The second-order valence-corrected chi connectivity index (χ2v) is 7.80. The van der Waals surface area contributed by atoms with E-state index in [4.69, 9.17) is 0 Å². The molecule has 24 heavy (non-hydrogen) atoms. The van der Waals surface area contributed by atoms with Gasteiger partial charge < -0.3 is 14.8 Å². The van der Waals surface area contributed by atoms with Crippen molar-refractivity contribution in [1.82, 2.24) is 9.47 Å². The quantitative estimate of drug-likeness (QED) is 0.922. The summed E-state index contributed by atoms with van der Waals surface area (Å²) in [6, 6.07) is 12.7. The summed E-state index contributed by atoms with van der Waals surface area (Å²) in [6.45, 7) is 10.6. The van der Waals surface area contributed by atoms with Gasteiger partial charge in [-0.05, 0) is 45.4 Å². The summed E-state index contributed by atoms with van der Waals surface area (Å²) in [5.74, 6) is 0.212. The van der Waals surface area contributed by atoms with E-state index in [2.05, 4.69) is 80.2 Å². The van der Waals surface area contributed by atoms with Crippen molar-refractivity contribution in [3.8, 4) is 0 Å². The molecule has 1 aliphatic rings. The van der Waals surface area contributed by atoms with E-state index in [1.165, 1.54) is 16.8 Å². The number of aryl methyl sites for hydroxylation is 1. The normalized spacial score (nSPS) is 17.7. The van der Waals surface area contributed by atoms with Gasteiger partial charge in [-0.2, -0.15) is 0 Å². The zero-order valence-electron chi connectivity index (χ0n) is 15.1. The predicted molar refractivity (Wildman–Crippen MR) is 95.7 cm³/mol. The summed E-state index contributed by atoms with van der Waals surface area (Å²) in [6.07, 6.45) is 2.11. The van der Waals surface area contributed by atoms with Gasteiger partial charge in [-0.25, -0.2) is 0 Å². The lowest BCUT2D eigenvalue weighted by Crippen LogP contribution is -2.96. The summed E-state index contributed by atoms with van der Waals surface area (Å²) in [4.78, 5) is 15.0. The summed E-state index contributed by atoms with van der Waals surface area (Å²) in [5.41, 5.74) is 3.68. The van der Waals surface area contributed by atoms with Crippen molar-refractivity contribution in [3.05, 3.63) is 59.4 Å². The number of hydrogen-bond donors (Lipinski definition) is 1. The van der Waals surface area contributed by atoms with Crippen LogP contribution in [0.25, 0.3) is 0 Å². The predicted octanol–water partition coefficient (Wildman–Crippen LogP) is 2.09. The average Bonchev–Trinajstić information content (AvgIpc) is 2.99. The molecule has 4 heteroatoms. The van der Waals surface area contributed by atoms with Crippen LogP contribution in [-0.2, 0) is 11.3 Å². The number of rotatable bonds is 3. The van der Waals surface area contributed by atoms with Crippen molar-refractivity contribution in [2.75, 3.05) is 13.1 Å². The highest BCUT2D eigenvalue weighted by molar-refractivity contribution is 5.78. The second-order valence-electron chi connectivity index (χ2n) is 7.80. The molecule has 1 amide bonds. The molecule has 1 aromatic carbocycles. The molecule has 0 spiro atoms. The molecule has 4 nitrogen and oxygen atoms in total. The van der Waals surface area contributed by atoms with Gasteiger partial charge in [-0.3, -0.25) is 4.79 Å². The average molecular weight is 326 g/mol. The van der Waals surface area contributed by atoms with Crippen LogP contribution < -0.4 is 5.32 Å². The number of quaternary nitrogens is 1. The van der Waals surface area contributed by atoms with Crippen LogP contribution in [0.5, 0.6) is 0 Å². The zero-order valence-corrected chi connectivity index (χ0v) is 15.1. The number of carbonyl (C=O) groups is 1. The first kappa shape index (κ1) is 16.8. The maximum absolute atomic E-state index is 12.9. The van der Waals surface area contributed by atoms with E-state index in [-0.39, 0.29) is 17.5 Å². The fraction of sp³-hybridized carbons (Fsp3) is 0.450.